The van der Waals surface area contributed by atoms with Gasteiger partial charge in [-0.05, 0) is 19.4 Å². The number of benzene rings is 1. The first kappa shape index (κ1) is 15.5. The van der Waals surface area contributed by atoms with E-state index in [1.54, 1.807) is 6.07 Å². The van der Waals surface area contributed by atoms with Gasteiger partial charge in [0.05, 0.1) is 5.41 Å². The third-order valence-corrected chi connectivity index (χ3v) is 4.29. The third-order valence-electron chi connectivity index (χ3n) is 4.29. The van der Waals surface area contributed by atoms with Crippen LogP contribution in [0.5, 0.6) is 0 Å². The first-order valence-electron chi connectivity index (χ1n) is 7.29. The van der Waals surface area contributed by atoms with Gasteiger partial charge in [-0.2, -0.15) is 0 Å². The second-order valence-corrected chi connectivity index (χ2v) is 6.13. The molecular formula is C16H19N3O4. The molecule has 0 spiro atoms. The predicted molar refractivity (Wildman–Crippen MR) is 82.7 cm³/mol. The van der Waals surface area contributed by atoms with Crippen molar-refractivity contribution >= 4 is 11.8 Å². The molecule has 2 aromatic rings. The van der Waals surface area contributed by atoms with Crippen LogP contribution in [0.1, 0.15) is 25.2 Å². The van der Waals surface area contributed by atoms with Crippen molar-refractivity contribution in [3.05, 3.63) is 47.7 Å². The number of hydrogen-bond donors (Lipinski definition) is 2. The summed E-state index contributed by atoms with van der Waals surface area (Å²) < 4.78 is 5.41. The van der Waals surface area contributed by atoms with Gasteiger partial charge < -0.3 is 14.7 Å². The van der Waals surface area contributed by atoms with E-state index >= 15 is 0 Å². The highest BCUT2D eigenvalue weighted by Crippen LogP contribution is 2.34. The quantitative estimate of drug-likeness (QED) is 0.895. The summed E-state index contributed by atoms with van der Waals surface area (Å²) in [7, 11) is 1.41. The molecule has 3 rings (SSSR count). The first-order chi connectivity index (χ1) is 10.8. The molecule has 2 amide bonds. The molecule has 2 heterocycles. The zero-order chi connectivity index (χ0) is 16.8. The van der Waals surface area contributed by atoms with Crippen molar-refractivity contribution in [2.24, 2.45) is 0 Å². The Morgan fingerprint density at radius 3 is 2.39 bits per heavy atom. The van der Waals surface area contributed by atoms with Crippen molar-refractivity contribution in [2.75, 3.05) is 11.9 Å². The van der Waals surface area contributed by atoms with E-state index in [0.717, 1.165) is 15.4 Å². The van der Waals surface area contributed by atoms with E-state index in [0.29, 0.717) is 5.76 Å². The van der Waals surface area contributed by atoms with Crippen LogP contribution in [0.25, 0.3) is 0 Å². The number of hydrogen-bond acceptors (Lipinski definition) is 5. The zero-order valence-electron chi connectivity index (χ0n) is 13.2. The van der Waals surface area contributed by atoms with Crippen LogP contribution in [-0.2, 0) is 5.41 Å². The number of rotatable bonds is 3. The molecule has 1 aliphatic rings. The van der Waals surface area contributed by atoms with Crippen molar-refractivity contribution in [2.45, 2.75) is 31.7 Å². The fraction of sp³-hybridized carbons (Fsp3) is 0.375. The van der Waals surface area contributed by atoms with Gasteiger partial charge in [0, 0.05) is 13.1 Å². The Balaban J connectivity index is 1.94. The number of nitrogens with zero attached hydrogens (tertiary/aromatic N) is 3. The monoisotopic (exact) mass is 317 g/mol. The molecule has 0 bridgehead atoms. The Morgan fingerprint density at radius 2 is 1.83 bits per heavy atom. The van der Waals surface area contributed by atoms with Crippen molar-refractivity contribution in [1.82, 2.24) is 10.1 Å². The fourth-order valence-corrected chi connectivity index (χ4v) is 2.63. The summed E-state index contributed by atoms with van der Waals surface area (Å²) in [6.07, 6.45) is -2.69. The minimum atomic E-state index is -1.38. The number of anilines is 1. The number of carbonyl (C=O) groups is 1. The molecule has 1 aromatic heterocycles. The molecule has 0 saturated carbocycles. The van der Waals surface area contributed by atoms with Gasteiger partial charge in [-0.3, -0.25) is 4.90 Å². The maximum atomic E-state index is 12.1. The highest BCUT2D eigenvalue weighted by Gasteiger charge is 2.44. The van der Waals surface area contributed by atoms with Crippen LogP contribution in [0, 0.1) is 0 Å². The van der Waals surface area contributed by atoms with Crippen molar-refractivity contribution < 1.29 is 19.5 Å². The molecule has 23 heavy (non-hydrogen) atoms. The minimum Gasteiger partial charge on any atom is -0.369 e. The van der Waals surface area contributed by atoms with E-state index in [2.05, 4.69) is 5.16 Å². The Bertz CT molecular complexity index is 713. The molecular weight excluding hydrogens is 298 g/mol. The highest BCUT2D eigenvalue weighted by molar-refractivity contribution is 5.93. The fourth-order valence-electron chi connectivity index (χ4n) is 2.63. The summed E-state index contributed by atoms with van der Waals surface area (Å²) in [5.74, 6) is 0.729. The van der Waals surface area contributed by atoms with Crippen LogP contribution in [0.15, 0.2) is 40.9 Å². The molecule has 1 fully saturated rings. The smallest absolute Gasteiger partial charge is 0.329 e. The van der Waals surface area contributed by atoms with Gasteiger partial charge in [-0.25, -0.2) is 9.69 Å². The number of aliphatic hydroxyl groups excluding tert-OH is 2. The molecule has 2 atom stereocenters. The van der Waals surface area contributed by atoms with Gasteiger partial charge in [-0.15, -0.1) is 0 Å². The van der Waals surface area contributed by atoms with Gasteiger partial charge in [0.15, 0.2) is 18.3 Å². The first-order valence-corrected chi connectivity index (χ1v) is 7.29. The summed E-state index contributed by atoms with van der Waals surface area (Å²) in [5, 5.41) is 23.7. The molecule has 1 aromatic carbocycles. The summed E-state index contributed by atoms with van der Waals surface area (Å²) in [6, 6.07) is 10.8. The summed E-state index contributed by atoms with van der Waals surface area (Å²) in [6.45, 7) is 3.96. The molecule has 2 unspecified atom stereocenters. The Labute approximate surface area is 133 Å². The average Bonchev–Trinajstić information content (AvgIpc) is 3.10. The van der Waals surface area contributed by atoms with Crippen molar-refractivity contribution in [1.29, 1.82) is 0 Å². The standard InChI is InChI=1S/C16H19N3O4/c1-16(2,10-7-5-4-6-8-10)11-9-12(17-23-11)19-14(21)13(20)18(3)15(19)22/h4-9,13-14,20-21H,1-3H3. The SMILES string of the molecule is CN1C(=O)N(c2cc(C(C)(C)c3ccccc3)on2)C(O)C1O. The third kappa shape index (κ3) is 2.38. The molecule has 7 nitrogen and oxygen atoms in total. The van der Waals surface area contributed by atoms with Crippen LogP contribution in [-0.4, -0.2) is 45.8 Å². The number of aliphatic hydroxyl groups is 2. The van der Waals surface area contributed by atoms with Crippen LogP contribution in [0.4, 0.5) is 10.6 Å². The predicted octanol–water partition coefficient (Wildman–Crippen LogP) is 1.51. The lowest BCUT2D eigenvalue weighted by Crippen LogP contribution is -2.36. The van der Waals surface area contributed by atoms with Crippen molar-refractivity contribution in [3.8, 4) is 0 Å². The topological polar surface area (TPSA) is 90.0 Å². The van der Waals surface area contributed by atoms with Crippen LogP contribution < -0.4 is 4.90 Å². The molecule has 0 radical (unpaired) electrons. The van der Waals surface area contributed by atoms with E-state index in [1.165, 1.54) is 7.05 Å². The van der Waals surface area contributed by atoms with E-state index < -0.39 is 23.9 Å². The lowest BCUT2D eigenvalue weighted by atomic mass is 9.82. The number of carbonyl (C=O) groups excluding carboxylic acids is 1. The van der Waals surface area contributed by atoms with Gasteiger partial charge in [0.25, 0.3) is 0 Å². The molecule has 0 aliphatic carbocycles. The van der Waals surface area contributed by atoms with Gasteiger partial charge in [-0.1, -0.05) is 35.5 Å². The zero-order valence-corrected chi connectivity index (χ0v) is 13.2. The maximum Gasteiger partial charge on any atom is 0.329 e. The highest BCUT2D eigenvalue weighted by atomic mass is 16.5. The Hall–Kier alpha value is -2.38. The van der Waals surface area contributed by atoms with E-state index in [1.807, 2.05) is 44.2 Å². The number of aromatic nitrogens is 1. The lowest BCUT2D eigenvalue weighted by molar-refractivity contribution is -0.0184. The summed E-state index contributed by atoms with van der Waals surface area (Å²) in [5.41, 5.74) is 0.582. The van der Waals surface area contributed by atoms with E-state index in [9.17, 15) is 15.0 Å². The minimum absolute atomic E-state index is 0.171. The number of urea groups is 1. The summed E-state index contributed by atoms with van der Waals surface area (Å²) in [4.78, 5) is 14.2. The normalized spacial score (nSPS) is 22.0. The van der Waals surface area contributed by atoms with E-state index in [-0.39, 0.29) is 5.82 Å². The largest absolute Gasteiger partial charge is 0.369 e. The van der Waals surface area contributed by atoms with Gasteiger partial charge in [0.1, 0.15) is 5.76 Å². The van der Waals surface area contributed by atoms with Gasteiger partial charge in [0.2, 0.25) is 0 Å². The Kier molecular flexibility index (Phi) is 3.62. The molecule has 1 saturated heterocycles. The molecule has 7 heteroatoms. The second-order valence-electron chi connectivity index (χ2n) is 6.13. The lowest BCUT2D eigenvalue weighted by Gasteiger charge is -2.21. The average molecular weight is 317 g/mol. The molecule has 2 N–H and O–H groups in total. The summed E-state index contributed by atoms with van der Waals surface area (Å²) >= 11 is 0. The van der Waals surface area contributed by atoms with Gasteiger partial charge >= 0.3 is 6.03 Å². The molecule has 122 valence electrons. The maximum absolute atomic E-state index is 12.1. The molecule has 1 aliphatic heterocycles. The van der Waals surface area contributed by atoms with Crippen LogP contribution >= 0.6 is 0 Å². The second kappa shape index (κ2) is 5.36. The number of amides is 2. The number of likely N-dealkylation sites (N-methyl/N-ethyl adjacent to an activating group) is 1. The Morgan fingerprint density at radius 1 is 1.17 bits per heavy atom. The van der Waals surface area contributed by atoms with Crippen LogP contribution in [0.3, 0.4) is 0 Å². The van der Waals surface area contributed by atoms with E-state index in [4.69, 9.17) is 4.52 Å². The van der Waals surface area contributed by atoms with Crippen molar-refractivity contribution in [3.63, 3.8) is 0 Å². The van der Waals surface area contributed by atoms with Crippen LogP contribution in [0.2, 0.25) is 0 Å².